The molecule has 3 heterocycles. The van der Waals surface area contributed by atoms with E-state index in [1.54, 1.807) is 13.4 Å². The number of aromatic nitrogens is 4. The van der Waals surface area contributed by atoms with Crippen molar-refractivity contribution in [1.82, 2.24) is 19.7 Å². The summed E-state index contributed by atoms with van der Waals surface area (Å²) in [5, 5.41) is 8.34. The molecule has 1 fully saturated rings. The van der Waals surface area contributed by atoms with Crippen LogP contribution in [0.5, 0.6) is 5.75 Å². The average Bonchev–Trinajstić information content (AvgIpc) is 3.29. The molecule has 33 heavy (non-hydrogen) atoms. The lowest BCUT2D eigenvalue weighted by atomic mass is 10.2. The van der Waals surface area contributed by atoms with Crippen LogP contribution in [0.3, 0.4) is 0 Å². The van der Waals surface area contributed by atoms with E-state index in [1.807, 2.05) is 59.4 Å². The Balaban J connectivity index is 1.38. The summed E-state index contributed by atoms with van der Waals surface area (Å²) < 4.78 is 7.42. The normalized spacial score (nSPS) is 13.9. The fraction of sp³-hybridized carbons (Fsp3) is 0.250. The molecule has 0 atom stereocenters. The van der Waals surface area contributed by atoms with Crippen molar-refractivity contribution in [3.05, 3.63) is 61.1 Å². The van der Waals surface area contributed by atoms with Crippen molar-refractivity contribution in [2.45, 2.75) is 6.92 Å². The van der Waals surface area contributed by atoms with E-state index in [4.69, 9.17) is 4.74 Å². The van der Waals surface area contributed by atoms with E-state index in [1.165, 1.54) is 6.92 Å². The van der Waals surface area contributed by atoms with Crippen molar-refractivity contribution >= 4 is 34.1 Å². The lowest BCUT2D eigenvalue weighted by Gasteiger charge is -2.37. The molecule has 2 aromatic carbocycles. The van der Waals surface area contributed by atoms with Crippen LogP contribution in [0.25, 0.3) is 16.7 Å². The Morgan fingerprint density at radius 1 is 1.00 bits per heavy atom. The molecule has 0 saturated carbocycles. The maximum atomic E-state index is 11.5. The molecule has 2 aromatic heterocycles. The summed E-state index contributed by atoms with van der Waals surface area (Å²) in [4.78, 5) is 25.1. The van der Waals surface area contributed by atoms with Crippen molar-refractivity contribution in [2.24, 2.45) is 0 Å². The zero-order chi connectivity index (χ0) is 22.8. The predicted molar refractivity (Wildman–Crippen MR) is 128 cm³/mol. The number of piperazine rings is 1. The number of para-hydroxylation sites is 1. The van der Waals surface area contributed by atoms with Crippen molar-refractivity contribution < 1.29 is 9.53 Å². The number of nitrogens with zero attached hydrogens (tertiary/aromatic N) is 6. The first-order chi connectivity index (χ1) is 16.1. The van der Waals surface area contributed by atoms with Crippen molar-refractivity contribution in [2.75, 3.05) is 48.4 Å². The molecule has 0 spiro atoms. The Morgan fingerprint density at radius 3 is 2.48 bits per heavy atom. The van der Waals surface area contributed by atoms with E-state index >= 15 is 0 Å². The van der Waals surface area contributed by atoms with Gasteiger partial charge in [-0.25, -0.2) is 14.6 Å². The number of rotatable bonds is 5. The minimum atomic E-state index is -0.0974. The zero-order valence-corrected chi connectivity index (χ0v) is 18.6. The van der Waals surface area contributed by atoms with Gasteiger partial charge in [-0.15, -0.1) is 0 Å². The van der Waals surface area contributed by atoms with Crippen LogP contribution in [0.2, 0.25) is 0 Å². The third-order valence-corrected chi connectivity index (χ3v) is 5.76. The molecule has 0 bridgehead atoms. The van der Waals surface area contributed by atoms with Crippen LogP contribution >= 0.6 is 0 Å². The van der Waals surface area contributed by atoms with Crippen LogP contribution in [0.1, 0.15) is 6.92 Å². The first-order valence-electron chi connectivity index (χ1n) is 10.8. The fourth-order valence-electron chi connectivity index (χ4n) is 4.22. The lowest BCUT2D eigenvalue weighted by molar-refractivity contribution is -0.114. The molecule has 1 N–H and O–H groups in total. The quantitative estimate of drug-likeness (QED) is 0.507. The zero-order valence-electron chi connectivity index (χ0n) is 18.6. The molecule has 168 valence electrons. The number of hydrogen-bond donors (Lipinski definition) is 1. The van der Waals surface area contributed by atoms with Gasteiger partial charge in [0.2, 0.25) is 5.91 Å². The first kappa shape index (κ1) is 20.7. The topological polar surface area (TPSA) is 88.4 Å². The van der Waals surface area contributed by atoms with Crippen LogP contribution in [0.15, 0.2) is 61.1 Å². The molecule has 9 heteroatoms. The predicted octanol–water partition coefficient (Wildman–Crippen LogP) is 3.11. The lowest BCUT2D eigenvalue weighted by Crippen LogP contribution is -2.47. The molecular formula is C24H25N7O2. The summed E-state index contributed by atoms with van der Waals surface area (Å²) in [5.41, 5.74) is 3.48. The Labute approximate surface area is 191 Å². The van der Waals surface area contributed by atoms with Gasteiger partial charge < -0.3 is 19.9 Å². The van der Waals surface area contributed by atoms with E-state index in [-0.39, 0.29) is 5.91 Å². The van der Waals surface area contributed by atoms with Gasteiger partial charge in [-0.1, -0.05) is 18.2 Å². The SMILES string of the molecule is COc1ccc(NC(C)=O)cc1N1CCN(c2ncnc3c2cnn3-c2ccccc2)CC1. The summed E-state index contributed by atoms with van der Waals surface area (Å²) in [7, 11) is 1.66. The Hall–Kier alpha value is -4.14. The Kier molecular flexibility index (Phi) is 5.52. The number of anilines is 3. The molecule has 4 aromatic rings. The summed E-state index contributed by atoms with van der Waals surface area (Å²) >= 11 is 0. The molecule has 0 unspecified atom stereocenters. The molecule has 0 radical (unpaired) electrons. The highest BCUT2D eigenvalue weighted by Gasteiger charge is 2.23. The molecule has 1 aliphatic rings. The number of ether oxygens (including phenoxy) is 1. The van der Waals surface area contributed by atoms with Gasteiger partial charge in [0.25, 0.3) is 0 Å². The summed E-state index contributed by atoms with van der Waals surface area (Å²) in [5.74, 6) is 1.58. The second-order valence-electron chi connectivity index (χ2n) is 7.87. The third-order valence-electron chi connectivity index (χ3n) is 5.76. The molecule has 5 rings (SSSR count). The minimum absolute atomic E-state index is 0.0974. The number of carbonyl (C=O) groups excluding carboxylic acids is 1. The molecule has 0 aliphatic carbocycles. The average molecular weight is 444 g/mol. The Bertz CT molecular complexity index is 1280. The van der Waals surface area contributed by atoms with E-state index in [2.05, 4.69) is 30.2 Å². The van der Waals surface area contributed by atoms with Crippen molar-refractivity contribution in [3.8, 4) is 11.4 Å². The highest BCUT2D eigenvalue weighted by atomic mass is 16.5. The summed E-state index contributed by atoms with van der Waals surface area (Å²) in [6.45, 7) is 4.66. The highest BCUT2D eigenvalue weighted by molar-refractivity contribution is 5.90. The summed E-state index contributed by atoms with van der Waals surface area (Å²) in [6, 6.07) is 15.7. The van der Waals surface area contributed by atoms with Gasteiger partial charge in [-0.3, -0.25) is 4.79 Å². The number of carbonyl (C=O) groups is 1. The number of hydrogen-bond acceptors (Lipinski definition) is 7. The van der Waals surface area contributed by atoms with Crippen LogP contribution in [-0.2, 0) is 4.79 Å². The van der Waals surface area contributed by atoms with Crippen molar-refractivity contribution in [3.63, 3.8) is 0 Å². The number of fused-ring (bicyclic) bond motifs is 1. The molecular weight excluding hydrogens is 418 g/mol. The summed E-state index contributed by atoms with van der Waals surface area (Å²) in [6.07, 6.45) is 3.44. The molecule has 1 saturated heterocycles. The molecule has 9 nitrogen and oxygen atoms in total. The second-order valence-corrected chi connectivity index (χ2v) is 7.87. The van der Waals surface area contributed by atoms with E-state index in [0.29, 0.717) is 0 Å². The van der Waals surface area contributed by atoms with E-state index in [9.17, 15) is 4.79 Å². The monoisotopic (exact) mass is 443 g/mol. The van der Waals surface area contributed by atoms with Gasteiger partial charge in [0.05, 0.1) is 30.1 Å². The minimum Gasteiger partial charge on any atom is -0.495 e. The van der Waals surface area contributed by atoms with Gasteiger partial charge in [-0.05, 0) is 30.3 Å². The van der Waals surface area contributed by atoms with Gasteiger partial charge >= 0.3 is 0 Å². The van der Waals surface area contributed by atoms with Crippen LogP contribution in [0, 0.1) is 0 Å². The van der Waals surface area contributed by atoms with Gasteiger partial charge in [0.15, 0.2) is 5.65 Å². The van der Waals surface area contributed by atoms with Gasteiger partial charge in [-0.2, -0.15) is 5.10 Å². The van der Waals surface area contributed by atoms with E-state index < -0.39 is 0 Å². The second kappa shape index (κ2) is 8.78. The van der Waals surface area contributed by atoms with Gasteiger partial charge in [0, 0.05) is 38.8 Å². The fourth-order valence-corrected chi connectivity index (χ4v) is 4.22. The standard InChI is InChI=1S/C24H25N7O2/c1-17(32)28-18-8-9-22(33-2)21(14-18)29-10-12-30(13-11-29)23-20-15-27-31(24(20)26-16-25-23)19-6-4-3-5-7-19/h3-9,14-16H,10-13H2,1-2H3,(H,28,32). The van der Waals surface area contributed by atoms with Crippen LogP contribution in [-0.4, -0.2) is 58.9 Å². The Morgan fingerprint density at radius 2 is 1.76 bits per heavy atom. The van der Waals surface area contributed by atoms with E-state index in [0.717, 1.165) is 65.8 Å². The number of methoxy groups -OCH3 is 1. The first-order valence-corrected chi connectivity index (χ1v) is 10.8. The van der Waals surface area contributed by atoms with Gasteiger partial charge in [0.1, 0.15) is 17.9 Å². The van der Waals surface area contributed by atoms with Crippen LogP contribution < -0.4 is 19.9 Å². The molecule has 1 amide bonds. The van der Waals surface area contributed by atoms with Crippen molar-refractivity contribution in [1.29, 1.82) is 0 Å². The third kappa shape index (κ3) is 4.05. The molecule has 1 aliphatic heterocycles. The number of amides is 1. The van der Waals surface area contributed by atoms with Crippen LogP contribution in [0.4, 0.5) is 17.2 Å². The highest BCUT2D eigenvalue weighted by Crippen LogP contribution is 2.33. The maximum absolute atomic E-state index is 11.5. The smallest absolute Gasteiger partial charge is 0.221 e. The number of benzene rings is 2. The maximum Gasteiger partial charge on any atom is 0.221 e. The number of nitrogens with one attached hydrogen (secondary N) is 1. The largest absolute Gasteiger partial charge is 0.495 e.